The third-order valence-electron chi connectivity index (χ3n) is 5.37. The summed E-state index contributed by atoms with van der Waals surface area (Å²) < 4.78 is 5.23. The lowest BCUT2D eigenvalue weighted by Gasteiger charge is -2.27. The van der Waals surface area contributed by atoms with Gasteiger partial charge in [0.2, 0.25) is 0 Å². The monoisotopic (exact) mass is 356 g/mol. The lowest BCUT2D eigenvalue weighted by atomic mass is 9.83. The van der Waals surface area contributed by atoms with Gasteiger partial charge in [0.1, 0.15) is 5.75 Å². The van der Waals surface area contributed by atoms with Crippen molar-refractivity contribution < 1.29 is 14.6 Å². The molecule has 5 nitrogen and oxygen atoms in total. The lowest BCUT2D eigenvalue weighted by Crippen LogP contribution is -2.28. The zero-order chi connectivity index (χ0) is 18.5. The van der Waals surface area contributed by atoms with Crippen molar-refractivity contribution in [1.82, 2.24) is 10.3 Å². The Bertz CT molecular complexity index is 775. The van der Waals surface area contributed by atoms with Crippen LogP contribution in [-0.2, 0) is 0 Å². The lowest BCUT2D eigenvalue weighted by molar-refractivity contribution is 0.0641. The molecule has 2 aromatic rings. The molecule has 3 rings (SSSR count). The van der Waals surface area contributed by atoms with E-state index in [1.165, 1.54) is 6.42 Å². The molecule has 2 N–H and O–H groups in total. The molecule has 1 aliphatic carbocycles. The minimum atomic E-state index is -0.164. The second kappa shape index (κ2) is 8.49. The normalized spacial score (nSPS) is 20.1. The number of aryl methyl sites for hydroxylation is 1. The number of nitrogens with zero attached hydrogens (tertiary/aromatic N) is 1. The highest BCUT2D eigenvalue weighted by Crippen LogP contribution is 2.27. The number of benzene rings is 1. The Morgan fingerprint density at radius 1 is 1.31 bits per heavy atom. The van der Waals surface area contributed by atoms with E-state index in [1.54, 1.807) is 7.11 Å². The minimum Gasteiger partial charge on any atom is -0.497 e. The maximum absolute atomic E-state index is 12.5. The highest BCUT2D eigenvalue weighted by Gasteiger charge is 2.22. The molecule has 2 unspecified atom stereocenters. The Balaban J connectivity index is 1.58. The number of pyridine rings is 1. The molecule has 1 fully saturated rings. The van der Waals surface area contributed by atoms with Gasteiger partial charge in [-0.2, -0.15) is 0 Å². The second-order valence-electron chi connectivity index (χ2n) is 7.19. The van der Waals surface area contributed by atoms with E-state index < -0.39 is 0 Å². The number of ether oxygens (including phenoxy) is 1. The summed E-state index contributed by atoms with van der Waals surface area (Å²) in [5.74, 6) is 1.06. The number of fused-ring (bicyclic) bond motifs is 1. The van der Waals surface area contributed by atoms with Crippen molar-refractivity contribution in [3.05, 3.63) is 35.5 Å². The summed E-state index contributed by atoms with van der Waals surface area (Å²) in [7, 11) is 1.63. The molecule has 0 spiro atoms. The van der Waals surface area contributed by atoms with E-state index in [0.717, 1.165) is 48.8 Å². The summed E-state index contributed by atoms with van der Waals surface area (Å²) in [5.41, 5.74) is 2.15. The first kappa shape index (κ1) is 18.6. The van der Waals surface area contributed by atoms with Crippen molar-refractivity contribution >= 4 is 16.8 Å². The van der Waals surface area contributed by atoms with Gasteiger partial charge in [0, 0.05) is 18.0 Å². The Kier molecular flexibility index (Phi) is 6.09. The molecule has 140 valence electrons. The number of methoxy groups -OCH3 is 1. The number of hydrogen-bond donors (Lipinski definition) is 2. The zero-order valence-corrected chi connectivity index (χ0v) is 15.6. The van der Waals surface area contributed by atoms with Gasteiger partial charge in [-0.15, -0.1) is 0 Å². The quantitative estimate of drug-likeness (QED) is 0.776. The van der Waals surface area contributed by atoms with Crippen LogP contribution in [0.1, 0.15) is 54.6 Å². The van der Waals surface area contributed by atoms with E-state index in [2.05, 4.69) is 10.3 Å². The number of nitrogens with one attached hydrogen (secondary N) is 1. The molecule has 1 aliphatic rings. The smallest absolute Gasteiger partial charge is 0.253 e. The molecule has 0 aliphatic heterocycles. The fraction of sp³-hybridized carbons (Fsp3) is 0.524. The summed E-state index contributed by atoms with van der Waals surface area (Å²) in [6.45, 7) is 2.48. The van der Waals surface area contributed by atoms with E-state index in [9.17, 15) is 9.90 Å². The van der Waals surface area contributed by atoms with E-state index in [1.807, 2.05) is 31.2 Å². The number of aliphatic hydroxyl groups excluding tert-OH is 1. The molecule has 26 heavy (non-hydrogen) atoms. The first-order valence-electron chi connectivity index (χ1n) is 9.50. The molecule has 1 aromatic carbocycles. The molecule has 5 heteroatoms. The Morgan fingerprint density at radius 3 is 2.88 bits per heavy atom. The van der Waals surface area contributed by atoms with Crippen molar-refractivity contribution in [3.8, 4) is 5.75 Å². The third-order valence-corrected chi connectivity index (χ3v) is 5.37. The SMILES string of the molecule is COc1ccc2cc(C(=O)NCCCC3CCCCC3O)c(C)nc2c1. The molecule has 1 aromatic heterocycles. The van der Waals surface area contributed by atoms with Gasteiger partial charge in [-0.1, -0.05) is 12.8 Å². The number of hydrogen-bond acceptors (Lipinski definition) is 4. The van der Waals surface area contributed by atoms with Crippen LogP contribution < -0.4 is 10.1 Å². The van der Waals surface area contributed by atoms with E-state index >= 15 is 0 Å². The van der Waals surface area contributed by atoms with E-state index in [-0.39, 0.29) is 12.0 Å². The van der Waals surface area contributed by atoms with Crippen LogP contribution in [0.4, 0.5) is 0 Å². The maximum atomic E-state index is 12.5. The van der Waals surface area contributed by atoms with Gasteiger partial charge in [0.25, 0.3) is 5.91 Å². The number of rotatable bonds is 6. The first-order valence-corrected chi connectivity index (χ1v) is 9.50. The van der Waals surface area contributed by atoms with Crippen LogP contribution in [0.25, 0.3) is 10.9 Å². The van der Waals surface area contributed by atoms with Gasteiger partial charge in [-0.3, -0.25) is 9.78 Å². The second-order valence-corrected chi connectivity index (χ2v) is 7.19. The third kappa shape index (κ3) is 4.33. The van der Waals surface area contributed by atoms with Gasteiger partial charge in [0.15, 0.2) is 0 Å². The Morgan fingerprint density at radius 2 is 2.12 bits per heavy atom. The fourth-order valence-electron chi connectivity index (χ4n) is 3.79. The predicted octanol–water partition coefficient (Wildman–Crippen LogP) is 3.61. The van der Waals surface area contributed by atoms with Crippen LogP contribution in [-0.4, -0.2) is 35.8 Å². The topological polar surface area (TPSA) is 71.5 Å². The molecule has 0 saturated heterocycles. The molecule has 2 atom stereocenters. The molecule has 0 radical (unpaired) electrons. The van der Waals surface area contributed by atoms with Crippen LogP contribution in [0, 0.1) is 12.8 Å². The van der Waals surface area contributed by atoms with Gasteiger partial charge >= 0.3 is 0 Å². The molecule has 1 saturated carbocycles. The Labute approximate surface area is 154 Å². The van der Waals surface area contributed by atoms with Crippen molar-refractivity contribution in [3.63, 3.8) is 0 Å². The van der Waals surface area contributed by atoms with Crippen molar-refractivity contribution in [1.29, 1.82) is 0 Å². The number of aliphatic hydroxyl groups is 1. The molecule has 1 amide bonds. The van der Waals surface area contributed by atoms with Crippen molar-refractivity contribution in [2.45, 2.75) is 51.6 Å². The maximum Gasteiger partial charge on any atom is 0.253 e. The molecule has 1 heterocycles. The predicted molar refractivity (Wildman–Crippen MR) is 103 cm³/mol. The standard InChI is InChI=1S/C21H28N2O3/c1-14-18(12-16-9-10-17(26-2)13-19(16)23-14)21(25)22-11-5-7-15-6-3-4-8-20(15)24/h9-10,12-13,15,20,24H,3-8,11H2,1-2H3,(H,22,25). The number of aromatic nitrogens is 1. The van der Waals surface area contributed by atoms with Crippen LogP contribution in [0.3, 0.4) is 0 Å². The summed E-state index contributed by atoms with van der Waals surface area (Å²) in [6.07, 6.45) is 6.06. The van der Waals surface area contributed by atoms with E-state index in [0.29, 0.717) is 23.7 Å². The fourth-order valence-corrected chi connectivity index (χ4v) is 3.79. The van der Waals surface area contributed by atoms with Gasteiger partial charge in [0.05, 0.1) is 30.0 Å². The van der Waals surface area contributed by atoms with Crippen LogP contribution in [0.5, 0.6) is 5.75 Å². The summed E-state index contributed by atoms with van der Waals surface area (Å²) in [4.78, 5) is 17.1. The summed E-state index contributed by atoms with van der Waals surface area (Å²) in [6, 6.07) is 7.55. The largest absolute Gasteiger partial charge is 0.497 e. The van der Waals surface area contributed by atoms with Gasteiger partial charge in [-0.05, 0) is 56.7 Å². The van der Waals surface area contributed by atoms with Crippen LogP contribution >= 0.6 is 0 Å². The van der Waals surface area contributed by atoms with Crippen LogP contribution in [0.2, 0.25) is 0 Å². The van der Waals surface area contributed by atoms with Crippen molar-refractivity contribution in [2.24, 2.45) is 5.92 Å². The summed E-state index contributed by atoms with van der Waals surface area (Å²) in [5, 5.41) is 13.9. The number of carbonyl (C=O) groups excluding carboxylic acids is 1. The molecular weight excluding hydrogens is 328 g/mol. The van der Waals surface area contributed by atoms with Gasteiger partial charge in [-0.25, -0.2) is 0 Å². The molecule has 0 bridgehead atoms. The zero-order valence-electron chi connectivity index (χ0n) is 15.6. The minimum absolute atomic E-state index is 0.0862. The van der Waals surface area contributed by atoms with Crippen molar-refractivity contribution in [2.75, 3.05) is 13.7 Å². The highest BCUT2D eigenvalue weighted by molar-refractivity contribution is 5.98. The van der Waals surface area contributed by atoms with Gasteiger partial charge < -0.3 is 15.2 Å². The average molecular weight is 356 g/mol. The number of carbonyl (C=O) groups is 1. The number of amides is 1. The first-order chi connectivity index (χ1) is 12.6. The van der Waals surface area contributed by atoms with Crippen LogP contribution in [0.15, 0.2) is 24.3 Å². The van der Waals surface area contributed by atoms with E-state index in [4.69, 9.17) is 4.74 Å². The molecular formula is C21H28N2O3. The average Bonchev–Trinajstić information content (AvgIpc) is 2.65. The summed E-state index contributed by atoms with van der Waals surface area (Å²) >= 11 is 0. The highest BCUT2D eigenvalue weighted by atomic mass is 16.5. The Hall–Kier alpha value is -2.14.